The quantitative estimate of drug-likeness (QED) is 0.867. The number of nitrogens with zero attached hydrogens (tertiary/aromatic N) is 2. The molecule has 1 unspecified atom stereocenters. The number of aliphatic hydroxyl groups excluding tert-OH is 1. The minimum atomic E-state index is -0.736. The van der Waals surface area contributed by atoms with Crippen LogP contribution in [0, 0.1) is 5.92 Å². The highest BCUT2D eigenvalue weighted by Gasteiger charge is 2.19. The fourth-order valence-electron chi connectivity index (χ4n) is 2.50. The maximum Gasteiger partial charge on any atom is 0.122 e. The number of hydrogen-bond donors (Lipinski definition) is 1. The highest BCUT2D eigenvalue weighted by Crippen LogP contribution is 2.28. The number of hydrogen-bond acceptors (Lipinski definition) is 2. The first-order valence-electron chi connectivity index (χ1n) is 7.51. The second-order valence-corrected chi connectivity index (χ2v) is 6.25. The summed E-state index contributed by atoms with van der Waals surface area (Å²) in [7, 11) is 0. The minimum Gasteiger partial charge on any atom is -0.382 e. The normalized spacial score (nSPS) is 12.9. The number of aryl methyl sites for hydroxylation is 1. The number of benzene rings is 1. The third-order valence-corrected chi connectivity index (χ3v) is 3.76. The summed E-state index contributed by atoms with van der Waals surface area (Å²) in [5, 5.41) is 15.3. The van der Waals surface area contributed by atoms with E-state index < -0.39 is 6.10 Å². The van der Waals surface area contributed by atoms with E-state index in [1.165, 1.54) is 5.56 Å². The van der Waals surface area contributed by atoms with Crippen LogP contribution < -0.4 is 0 Å². The minimum absolute atomic E-state index is 0.516. The first kappa shape index (κ1) is 16.1. The molecule has 1 aromatic heterocycles. The Hall–Kier alpha value is -1.32. The Morgan fingerprint density at radius 1 is 1.24 bits per heavy atom. The summed E-state index contributed by atoms with van der Waals surface area (Å²) in [6.07, 6.45) is 2.86. The smallest absolute Gasteiger partial charge is 0.122 e. The van der Waals surface area contributed by atoms with Crippen molar-refractivity contribution in [2.75, 3.05) is 0 Å². The second kappa shape index (κ2) is 7.10. The van der Waals surface area contributed by atoms with Crippen LogP contribution in [0.2, 0.25) is 5.02 Å². The topological polar surface area (TPSA) is 38.0 Å². The Kier molecular flexibility index (Phi) is 5.43. The van der Waals surface area contributed by atoms with E-state index in [-0.39, 0.29) is 0 Å². The first-order valence-corrected chi connectivity index (χ1v) is 7.88. The van der Waals surface area contributed by atoms with Gasteiger partial charge in [-0.2, -0.15) is 5.10 Å². The van der Waals surface area contributed by atoms with E-state index in [4.69, 9.17) is 11.6 Å². The van der Waals surface area contributed by atoms with Crippen molar-refractivity contribution in [1.29, 1.82) is 0 Å². The molecule has 4 heteroatoms. The van der Waals surface area contributed by atoms with E-state index in [2.05, 4.69) is 38.0 Å². The molecule has 3 nitrogen and oxygen atoms in total. The highest BCUT2D eigenvalue weighted by atomic mass is 35.5. The summed E-state index contributed by atoms with van der Waals surface area (Å²) in [6.45, 7) is 7.23. The van der Waals surface area contributed by atoms with Crippen molar-refractivity contribution in [1.82, 2.24) is 9.78 Å². The lowest BCUT2D eigenvalue weighted by Gasteiger charge is -2.15. The molecule has 0 saturated heterocycles. The standard InChI is InChI=1S/C17H23ClN2O/c1-4-9-20-16(15(18)11-19-20)17(21)14-7-5-13(6-8-14)10-12(2)3/h5-8,11-12,17,21H,4,9-10H2,1-3H3. The van der Waals surface area contributed by atoms with Crippen LogP contribution in [0.4, 0.5) is 0 Å². The molecule has 0 spiro atoms. The van der Waals surface area contributed by atoms with E-state index in [1.54, 1.807) is 10.9 Å². The summed E-state index contributed by atoms with van der Waals surface area (Å²) in [5.74, 6) is 0.626. The lowest BCUT2D eigenvalue weighted by atomic mass is 9.99. The number of aromatic nitrogens is 2. The molecule has 0 aliphatic rings. The van der Waals surface area contributed by atoms with Gasteiger partial charge in [0, 0.05) is 6.54 Å². The maximum atomic E-state index is 10.6. The molecule has 114 valence electrons. The zero-order valence-electron chi connectivity index (χ0n) is 12.9. The van der Waals surface area contributed by atoms with Gasteiger partial charge in [-0.3, -0.25) is 4.68 Å². The molecular weight excluding hydrogens is 284 g/mol. The average Bonchev–Trinajstić information content (AvgIpc) is 2.80. The van der Waals surface area contributed by atoms with Crippen LogP contribution in [0.3, 0.4) is 0 Å². The third kappa shape index (κ3) is 3.86. The molecule has 0 radical (unpaired) electrons. The van der Waals surface area contributed by atoms with Crippen molar-refractivity contribution in [3.63, 3.8) is 0 Å². The van der Waals surface area contributed by atoms with Crippen molar-refractivity contribution >= 4 is 11.6 Å². The Bertz CT molecular complexity index is 575. The van der Waals surface area contributed by atoms with E-state index >= 15 is 0 Å². The van der Waals surface area contributed by atoms with Crippen LogP contribution in [0.15, 0.2) is 30.5 Å². The van der Waals surface area contributed by atoms with E-state index in [1.807, 2.05) is 12.1 Å². The van der Waals surface area contributed by atoms with E-state index in [9.17, 15) is 5.11 Å². The molecule has 2 rings (SSSR count). The lowest BCUT2D eigenvalue weighted by molar-refractivity contribution is 0.207. The molecule has 0 amide bonds. The van der Waals surface area contributed by atoms with Gasteiger partial charge in [0.15, 0.2) is 0 Å². The molecule has 0 saturated carbocycles. The highest BCUT2D eigenvalue weighted by molar-refractivity contribution is 6.31. The van der Waals surface area contributed by atoms with Gasteiger partial charge in [0.25, 0.3) is 0 Å². The number of aliphatic hydroxyl groups is 1. The van der Waals surface area contributed by atoms with Crippen molar-refractivity contribution < 1.29 is 5.11 Å². The van der Waals surface area contributed by atoms with Gasteiger partial charge in [-0.1, -0.05) is 56.6 Å². The zero-order chi connectivity index (χ0) is 15.4. The SMILES string of the molecule is CCCn1ncc(Cl)c1C(O)c1ccc(CC(C)C)cc1. The molecule has 2 aromatic rings. The molecule has 0 aliphatic carbocycles. The van der Waals surface area contributed by atoms with Gasteiger partial charge in [0.2, 0.25) is 0 Å². The molecule has 1 aromatic carbocycles. The molecule has 0 fully saturated rings. The molecule has 1 N–H and O–H groups in total. The zero-order valence-corrected chi connectivity index (χ0v) is 13.6. The van der Waals surface area contributed by atoms with Crippen LogP contribution in [0.25, 0.3) is 0 Å². The van der Waals surface area contributed by atoms with Gasteiger partial charge in [-0.25, -0.2) is 0 Å². The van der Waals surface area contributed by atoms with Crippen molar-refractivity contribution in [2.24, 2.45) is 5.92 Å². The van der Waals surface area contributed by atoms with Gasteiger partial charge < -0.3 is 5.11 Å². The van der Waals surface area contributed by atoms with Gasteiger partial charge in [0.05, 0.1) is 16.9 Å². The maximum absolute atomic E-state index is 10.6. The predicted octanol–water partition coefficient (Wildman–Crippen LogP) is 4.23. The summed E-state index contributed by atoms with van der Waals surface area (Å²) >= 11 is 6.18. The molecule has 1 heterocycles. The second-order valence-electron chi connectivity index (χ2n) is 5.84. The largest absolute Gasteiger partial charge is 0.382 e. The summed E-state index contributed by atoms with van der Waals surface area (Å²) < 4.78 is 1.79. The monoisotopic (exact) mass is 306 g/mol. The van der Waals surface area contributed by atoms with Crippen LogP contribution in [-0.4, -0.2) is 14.9 Å². The van der Waals surface area contributed by atoms with Crippen molar-refractivity contribution in [2.45, 2.75) is 46.3 Å². The fraction of sp³-hybridized carbons (Fsp3) is 0.471. The van der Waals surface area contributed by atoms with Crippen molar-refractivity contribution in [3.8, 4) is 0 Å². The van der Waals surface area contributed by atoms with Gasteiger partial charge in [0.1, 0.15) is 6.10 Å². The summed E-state index contributed by atoms with van der Waals surface area (Å²) in [4.78, 5) is 0. The number of rotatable bonds is 6. The van der Waals surface area contributed by atoms with Gasteiger partial charge in [-0.15, -0.1) is 0 Å². The molecule has 21 heavy (non-hydrogen) atoms. The number of halogens is 1. The van der Waals surface area contributed by atoms with Crippen LogP contribution in [0.1, 0.15) is 50.1 Å². The Balaban J connectivity index is 2.23. The van der Waals surface area contributed by atoms with Crippen LogP contribution >= 0.6 is 11.6 Å². The van der Waals surface area contributed by atoms with Gasteiger partial charge >= 0.3 is 0 Å². The van der Waals surface area contributed by atoms with Crippen molar-refractivity contribution in [3.05, 3.63) is 52.3 Å². The molecule has 0 bridgehead atoms. The molecular formula is C17H23ClN2O. The summed E-state index contributed by atoms with van der Waals surface area (Å²) in [5.41, 5.74) is 2.81. The Morgan fingerprint density at radius 2 is 1.90 bits per heavy atom. The van der Waals surface area contributed by atoms with Crippen LogP contribution in [-0.2, 0) is 13.0 Å². The Morgan fingerprint density at radius 3 is 2.48 bits per heavy atom. The fourth-order valence-corrected chi connectivity index (χ4v) is 2.74. The van der Waals surface area contributed by atoms with Gasteiger partial charge in [-0.05, 0) is 29.9 Å². The van der Waals surface area contributed by atoms with E-state index in [0.717, 1.165) is 24.9 Å². The predicted molar refractivity (Wildman–Crippen MR) is 86.6 cm³/mol. The van der Waals surface area contributed by atoms with Crippen LogP contribution in [0.5, 0.6) is 0 Å². The molecule has 1 atom stereocenters. The average molecular weight is 307 g/mol. The first-order chi connectivity index (χ1) is 10.0. The summed E-state index contributed by atoms with van der Waals surface area (Å²) in [6, 6.07) is 8.10. The molecule has 0 aliphatic heterocycles. The Labute approximate surface area is 131 Å². The lowest BCUT2D eigenvalue weighted by Crippen LogP contribution is -2.10. The third-order valence-electron chi connectivity index (χ3n) is 3.47. The van der Waals surface area contributed by atoms with E-state index in [0.29, 0.717) is 16.6 Å².